The molecule has 3 rings (SSSR count). The number of benzene rings is 3. The minimum Gasteiger partial charge on any atom is -0.496 e. The largest absolute Gasteiger partial charge is 0.496 e. The number of rotatable bonds is 6. The molecule has 0 saturated carbocycles. The van der Waals surface area contributed by atoms with Crippen molar-refractivity contribution in [3.63, 3.8) is 0 Å². The Hall–Kier alpha value is -1.20. The molecule has 3 aromatic rings. The van der Waals surface area contributed by atoms with Gasteiger partial charge in [0.2, 0.25) is 0 Å². The normalized spacial score (nSPS) is 11.2. The van der Waals surface area contributed by atoms with Crippen LogP contribution in [0.3, 0.4) is 0 Å². The highest BCUT2D eigenvalue weighted by Crippen LogP contribution is 2.42. The fraction of sp³-hybridized carbons (Fsp3) is 0.111. The molecule has 0 aromatic heterocycles. The van der Waals surface area contributed by atoms with E-state index in [2.05, 4.69) is 0 Å². The van der Waals surface area contributed by atoms with Crippen LogP contribution in [0.2, 0.25) is 10.0 Å². The molecule has 0 heterocycles. The van der Waals surface area contributed by atoms with Crippen LogP contribution in [0.1, 0.15) is 0 Å². The van der Waals surface area contributed by atoms with Gasteiger partial charge in [-0.2, -0.15) is 0 Å². The van der Waals surface area contributed by atoms with Gasteiger partial charge >= 0.3 is 0 Å². The van der Waals surface area contributed by atoms with E-state index in [1.165, 1.54) is 11.9 Å². The molecule has 0 bridgehead atoms. The second-order valence-electron chi connectivity index (χ2n) is 5.42. The summed E-state index contributed by atoms with van der Waals surface area (Å²) in [4.78, 5) is 20.1. The number of ether oxygens (including phenoxy) is 1. The zero-order valence-electron chi connectivity index (χ0n) is 13.8. The lowest BCUT2D eigenvalue weighted by Crippen LogP contribution is -2.15. The number of methoxy groups -OCH3 is 1. The molecule has 26 heavy (non-hydrogen) atoms. The molecule has 3 aromatic carbocycles. The molecule has 0 aliphatic rings. The Kier molecular flexibility index (Phi) is 6.51. The molecule has 0 fully saturated rings. The quantitative estimate of drug-likeness (QED) is 0.377. The standard InChI is InChI=1S/C18H16Cl2NO3PS/c1-24-18-7-6-17(15-4-2-3-5-16(15)18)21(11-25(22)23)26-14-9-12(19)8-13(20)10-14/h2-10,22-23H,11H2,1H3. The lowest BCUT2D eigenvalue weighted by atomic mass is 10.1. The average Bonchev–Trinajstić information content (AvgIpc) is 2.59. The summed E-state index contributed by atoms with van der Waals surface area (Å²) in [7, 11) is -0.506. The Morgan fingerprint density at radius 3 is 2.27 bits per heavy atom. The molecule has 0 amide bonds. The summed E-state index contributed by atoms with van der Waals surface area (Å²) in [6.45, 7) is 0. The van der Waals surface area contributed by atoms with Gasteiger partial charge in [-0.1, -0.05) is 47.5 Å². The Morgan fingerprint density at radius 1 is 1.00 bits per heavy atom. The third kappa shape index (κ3) is 4.55. The van der Waals surface area contributed by atoms with Gasteiger partial charge in [0.05, 0.1) is 19.1 Å². The van der Waals surface area contributed by atoms with E-state index < -0.39 is 8.38 Å². The minimum atomic E-state index is -2.13. The first-order valence-corrected chi connectivity index (χ1v) is 10.6. The zero-order chi connectivity index (χ0) is 18.7. The molecule has 0 atom stereocenters. The summed E-state index contributed by atoms with van der Waals surface area (Å²) < 4.78 is 7.27. The third-order valence-corrected chi connectivity index (χ3v) is 5.81. The molecule has 0 radical (unpaired) electrons. The lowest BCUT2D eigenvalue weighted by molar-refractivity contribution is 0.420. The van der Waals surface area contributed by atoms with Crippen LogP contribution in [-0.4, -0.2) is 23.2 Å². The first-order chi connectivity index (χ1) is 12.5. The Morgan fingerprint density at radius 2 is 1.65 bits per heavy atom. The van der Waals surface area contributed by atoms with E-state index in [-0.39, 0.29) is 6.29 Å². The van der Waals surface area contributed by atoms with E-state index in [0.717, 1.165) is 27.1 Å². The van der Waals surface area contributed by atoms with Crippen LogP contribution in [0, 0.1) is 0 Å². The number of hydrogen-bond donors (Lipinski definition) is 2. The van der Waals surface area contributed by atoms with Gasteiger partial charge in [-0.3, -0.25) is 0 Å². The Bertz CT molecular complexity index is 906. The molecule has 0 aliphatic carbocycles. The van der Waals surface area contributed by atoms with Gasteiger partial charge < -0.3 is 18.8 Å². The van der Waals surface area contributed by atoms with Crippen LogP contribution >= 0.6 is 43.5 Å². The van der Waals surface area contributed by atoms with E-state index in [4.69, 9.17) is 27.9 Å². The number of nitrogens with zero attached hydrogens (tertiary/aromatic N) is 1. The molecule has 0 spiro atoms. The van der Waals surface area contributed by atoms with Crippen molar-refractivity contribution < 1.29 is 14.5 Å². The number of hydrogen-bond acceptors (Lipinski definition) is 5. The summed E-state index contributed by atoms with van der Waals surface area (Å²) in [6, 6.07) is 16.8. The maximum absolute atomic E-state index is 9.63. The first-order valence-electron chi connectivity index (χ1n) is 7.60. The molecule has 8 heteroatoms. The fourth-order valence-electron chi connectivity index (χ4n) is 2.63. The summed E-state index contributed by atoms with van der Waals surface area (Å²) in [5.74, 6) is 0.760. The smallest absolute Gasteiger partial charge is 0.186 e. The maximum Gasteiger partial charge on any atom is 0.186 e. The van der Waals surface area contributed by atoms with Crippen LogP contribution in [-0.2, 0) is 0 Å². The molecular weight excluding hydrogens is 412 g/mol. The summed E-state index contributed by atoms with van der Waals surface area (Å²) >= 11 is 13.5. The lowest BCUT2D eigenvalue weighted by Gasteiger charge is -2.25. The second-order valence-corrected chi connectivity index (χ2v) is 8.42. The van der Waals surface area contributed by atoms with Gasteiger partial charge in [0.1, 0.15) is 5.75 Å². The molecule has 136 valence electrons. The Balaban J connectivity index is 2.07. The average molecular weight is 428 g/mol. The van der Waals surface area contributed by atoms with Crippen molar-refractivity contribution in [3.05, 3.63) is 64.6 Å². The van der Waals surface area contributed by atoms with Crippen LogP contribution in [0.25, 0.3) is 10.8 Å². The van der Waals surface area contributed by atoms with E-state index in [1.54, 1.807) is 25.3 Å². The van der Waals surface area contributed by atoms with Gasteiger partial charge in [0.15, 0.2) is 8.38 Å². The monoisotopic (exact) mass is 427 g/mol. The molecule has 0 aliphatic heterocycles. The SMILES string of the molecule is COc1ccc(N(CP(O)O)Sc2cc(Cl)cc(Cl)c2)c2ccccc12. The summed E-state index contributed by atoms with van der Waals surface area (Å²) in [5.41, 5.74) is 0.845. The molecule has 4 nitrogen and oxygen atoms in total. The van der Waals surface area contributed by atoms with Gasteiger partial charge in [-0.25, -0.2) is 0 Å². The molecule has 0 unspecified atom stereocenters. The van der Waals surface area contributed by atoms with Crippen molar-refractivity contribution >= 4 is 60.0 Å². The zero-order valence-corrected chi connectivity index (χ0v) is 17.0. The fourth-order valence-corrected chi connectivity index (χ4v) is 5.08. The van der Waals surface area contributed by atoms with Crippen LogP contribution in [0.4, 0.5) is 5.69 Å². The van der Waals surface area contributed by atoms with Crippen molar-refractivity contribution in [2.45, 2.75) is 4.90 Å². The highest BCUT2D eigenvalue weighted by Gasteiger charge is 2.17. The van der Waals surface area contributed by atoms with Crippen LogP contribution in [0.15, 0.2) is 59.5 Å². The van der Waals surface area contributed by atoms with Crippen molar-refractivity contribution in [1.82, 2.24) is 0 Å². The van der Waals surface area contributed by atoms with E-state index in [1.807, 2.05) is 40.7 Å². The van der Waals surface area contributed by atoms with Crippen molar-refractivity contribution in [2.75, 3.05) is 17.7 Å². The highest BCUT2D eigenvalue weighted by molar-refractivity contribution is 8.01. The second kappa shape index (κ2) is 8.66. The van der Waals surface area contributed by atoms with Crippen LogP contribution in [0.5, 0.6) is 5.75 Å². The van der Waals surface area contributed by atoms with Gasteiger partial charge in [0, 0.05) is 25.7 Å². The number of halogens is 2. The maximum atomic E-state index is 9.63. The third-order valence-electron chi connectivity index (χ3n) is 3.66. The predicted octanol–water partition coefficient (Wildman–Crippen LogP) is 5.92. The number of anilines is 1. The van der Waals surface area contributed by atoms with Crippen LogP contribution < -0.4 is 9.04 Å². The first kappa shape index (κ1) is 19.6. The summed E-state index contributed by atoms with van der Waals surface area (Å²) in [5, 5.41) is 2.94. The van der Waals surface area contributed by atoms with Crippen molar-refractivity contribution in [2.24, 2.45) is 0 Å². The van der Waals surface area contributed by atoms with E-state index >= 15 is 0 Å². The van der Waals surface area contributed by atoms with Gasteiger partial charge in [-0.05, 0) is 42.3 Å². The van der Waals surface area contributed by atoms with E-state index in [0.29, 0.717) is 10.0 Å². The topological polar surface area (TPSA) is 52.9 Å². The van der Waals surface area contributed by atoms with E-state index in [9.17, 15) is 9.79 Å². The molecule has 0 saturated heterocycles. The molecule has 2 N–H and O–H groups in total. The number of fused-ring (bicyclic) bond motifs is 1. The van der Waals surface area contributed by atoms with Gasteiger partial charge in [-0.15, -0.1) is 0 Å². The van der Waals surface area contributed by atoms with Crippen molar-refractivity contribution in [1.29, 1.82) is 0 Å². The Labute approximate surface area is 167 Å². The predicted molar refractivity (Wildman–Crippen MR) is 112 cm³/mol. The van der Waals surface area contributed by atoms with Crippen molar-refractivity contribution in [3.8, 4) is 5.75 Å². The highest BCUT2D eigenvalue weighted by atomic mass is 35.5. The van der Waals surface area contributed by atoms with Gasteiger partial charge in [0.25, 0.3) is 0 Å². The minimum absolute atomic E-state index is 0.0699. The summed E-state index contributed by atoms with van der Waals surface area (Å²) in [6.07, 6.45) is 0.0699. The molecular formula is C18H16Cl2NO3PS.